The van der Waals surface area contributed by atoms with Crippen molar-refractivity contribution in [2.45, 2.75) is 18.7 Å². The molecule has 104 valence electrons. The minimum atomic E-state index is 0.187. The van der Waals surface area contributed by atoms with E-state index in [9.17, 15) is 0 Å². The van der Waals surface area contributed by atoms with Gasteiger partial charge in [0.25, 0.3) is 0 Å². The summed E-state index contributed by atoms with van der Waals surface area (Å²) < 4.78 is 0. The molecule has 0 saturated carbocycles. The maximum Gasteiger partial charge on any atom is 0.173 e. The molecule has 0 bridgehead atoms. The molecule has 1 aromatic rings. The van der Waals surface area contributed by atoms with E-state index < -0.39 is 0 Å². The van der Waals surface area contributed by atoms with E-state index in [0.29, 0.717) is 11.8 Å². The van der Waals surface area contributed by atoms with Crippen LogP contribution in [0.5, 0.6) is 0 Å². The summed E-state index contributed by atoms with van der Waals surface area (Å²) in [6.07, 6.45) is 2.00. The molecule has 4 nitrogen and oxygen atoms in total. The molecule has 2 unspecified atom stereocenters. The van der Waals surface area contributed by atoms with Gasteiger partial charge < -0.3 is 15.8 Å². The quantitative estimate of drug-likeness (QED) is 0.293. The molecule has 1 fully saturated rings. The number of benzene rings is 1. The summed E-state index contributed by atoms with van der Waals surface area (Å²) in [7, 11) is 0. The molecule has 19 heavy (non-hydrogen) atoms. The van der Waals surface area contributed by atoms with E-state index in [1.165, 1.54) is 0 Å². The van der Waals surface area contributed by atoms with Crippen molar-refractivity contribution in [2.24, 2.45) is 22.7 Å². The summed E-state index contributed by atoms with van der Waals surface area (Å²) in [6.45, 7) is 6.58. The fraction of sp³-hybridized carbons (Fsp3) is 0.500. The lowest BCUT2D eigenvalue weighted by Gasteiger charge is -2.23. The molecular formula is C14H21N3OS. The summed E-state index contributed by atoms with van der Waals surface area (Å²) >= 11 is 1.62. The number of anilines is 1. The second kappa shape index (κ2) is 5.74. The fourth-order valence-electron chi connectivity index (χ4n) is 2.59. The average molecular weight is 279 g/mol. The Bertz CT molecular complexity index is 480. The Labute approximate surface area is 118 Å². The molecule has 1 saturated heterocycles. The molecule has 1 heterocycles. The third kappa shape index (κ3) is 2.66. The highest BCUT2D eigenvalue weighted by atomic mass is 32.2. The molecule has 1 aliphatic heterocycles. The third-order valence-electron chi connectivity index (χ3n) is 3.92. The molecule has 2 rings (SSSR count). The van der Waals surface area contributed by atoms with Crippen LogP contribution in [0.4, 0.5) is 5.69 Å². The number of amidine groups is 1. The molecule has 1 aromatic carbocycles. The zero-order chi connectivity index (χ0) is 14.0. The van der Waals surface area contributed by atoms with Gasteiger partial charge in [-0.05, 0) is 30.2 Å². The van der Waals surface area contributed by atoms with Crippen LogP contribution >= 0.6 is 11.8 Å². The maximum atomic E-state index is 9.01. The predicted molar refractivity (Wildman–Crippen MR) is 81.3 cm³/mol. The van der Waals surface area contributed by atoms with E-state index in [0.717, 1.165) is 29.2 Å². The summed E-state index contributed by atoms with van der Waals surface area (Å²) in [5, 5.41) is 12.2. The van der Waals surface area contributed by atoms with Gasteiger partial charge >= 0.3 is 0 Å². The Morgan fingerprint density at radius 1 is 1.37 bits per heavy atom. The van der Waals surface area contributed by atoms with Gasteiger partial charge in [-0.3, -0.25) is 0 Å². The first-order chi connectivity index (χ1) is 9.08. The maximum absolute atomic E-state index is 9.01. The molecule has 1 aliphatic rings. The molecule has 2 atom stereocenters. The third-order valence-corrected chi connectivity index (χ3v) is 4.70. The van der Waals surface area contributed by atoms with E-state index >= 15 is 0 Å². The summed E-state index contributed by atoms with van der Waals surface area (Å²) in [4.78, 5) is 3.38. The van der Waals surface area contributed by atoms with Crippen molar-refractivity contribution in [3.8, 4) is 0 Å². The van der Waals surface area contributed by atoms with Gasteiger partial charge in [0.05, 0.1) is 5.56 Å². The number of thioether (sulfide) groups is 1. The van der Waals surface area contributed by atoms with Gasteiger partial charge in [0, 0.05) is 23.7 Å². The van der Waals surface area contributed by atoms with Crippen molar-refractivity contribution >= 4 is 23.3 Å². The first-order valence-corrected chi connectivity index (χ1v) is 7.70. The van der Waals surface area contributed by atoms with Crippen LogP contribution < -0.4 is 10.6 Å². The SMILES string of the molecule is CSc1cccc(N2CC(C)C(C)C2)c1/C(N)=N/O. The monoisotopic (exact) mass is 279 g/mol. The highest BCUT2D eigenvalue weighted by molar-refractivity contribution is 7.98. The molecule has 3 N–H and O–H groups in total. The summed E-state index contributed by atoms with van der Waals surface area (Å²) in [6, 6.07) is 6.09. The second-order valence-corrected chi connectivity index (χ2v) is 6.05. The Balaban J connectivity index is 2.46. The zero-order valence-corrected chi connectivity index (χ0v) is 12.4. The number of oxime groups is 1. The Morgan fingerprint density at radius 3 is 2.53 bits per heavy atom. The normalized spacial score (nSPS) is 23.9. The smallest absolute Gasteiger partial charge is 0.173 e. The second-order valence-electron chi connectivity index (χ2n) is 5.20. The van der Waals surface area contributed by atoms with Crippen LogP contribution in [0.3, 0.4) is 0 Å². The van der Waals surface area contributed by atoms with Crippen molar-refractivity contribution in [2.75, 3.05) is 24.2 Å². The standard InChI is InChI=1S/C14H21N3OS/c1-9-7-17(8-10(9)2)11-5-4-6-12(19-3)13(11)14(15)16-18/h4-6,9-10,18H,7-8H2,1-3H3,(H2,15,16). The minimum Gasteiger partial charge on any atom is -0.409 e. The van der Waals surface area contributed by atoms with Crippen LogP contribution in [0.15, 0.2) is 28.3 Å². The van der Waals surface area contributed by atoms with Crippen LogP contribution in [0, 0.1) is 11.8 Å². The Kier molecular flexibility index (Phi) is 4.24. The van der Waals surface area contributed by atoms with E-state index in [-0.39, 0.29) is 5.84 Å². The number of rotatable bonds is 3. The van der Waals surface area contributed by atoms with Crippen LogP contribution in [-0.4, -0.2) is 30.4 Å². The number of nitrogens with two attached hydrogens (primary N) is 1. The first kappa shape index (κ1) is 14.1. The van der Waals surface area contributed by atoms with E-state index in [1.54, 1.807) is 11.8 Å². The van der Waals surface area contributed by atoms with Gasteiger partial charge in [-0.25, -0.2) is 0 Å². The Morgan fingerprint density at radius 2 is 2.00 bits per heavy atom. The van der Waals surface area contributed by atoms with Gasteiger partial charge in [-0.15, -0.1) is 11.8 Å². The van der Waals surface area contributed by atoms with Gasteiger partial charge in [0.1, 0.15) is 0 Å². The van der Waals surface area contributed by atoms with E-state index in [1.807, 2.05) is 18.4 Å². The molecular weight excluding hydrogens is 258 g/mol. The van der Waals surface area contributed by atoms with E-state index in [4.69, 9.17) is 10.9 Å². The van der Waals surface area contributed by atoms with Crippen molar-refractivity contribution < 1.29 is 5.21 Å². The lowest BCUT2D eigenvalue weighted by molar-refractivity contribution is 0.318. The number of hydrogen-bond acceptors (Lipinski definition) is 4. The number of hydrogen-bond donors (Lipinski definition) is 2. The topological polar surface area (TPSA) is 61.8 Å². The van der Waals surface area contributed by atoms with Gasteiger partial charge in [0.15, 0.2) is 5.84 Å². The first-order valence-electron chi connectivity index (χ1n) is 6.48. The molecule has 0 aliphatic carbocycles. The van der Waals surface area contributed by atoms with Crippen molar-refractivity contribution in [3.63, 3.8) is 0 Å². The highest BCUT2D eigenvalue weighted by Crippen LogP contribution is 2.34. The largest absolute Gasteiger partial charge is 0.409 e. The van der Waals surface area contributed by atoms with Gasteiger partial charge in [-0.1, -0.05) is 25.1 Å². The lowest BCUT2D eigenvalue weighted by Crippen LogP contribution is -2.25. The van der Waals surface area contributed by atoms with Crippen molar-refractivity contribution in [3.05, 3.63) is 23.8 Å². The Hall–Kier alpha value is -1.36. The predicted octanol–water partition coefficient (Wildman–Crippen LogP) is 2.60. The van der Waals surface area contributed by atoms with Gasteiger partial charge in [0.2, 0.25) is 0 Å². The van der Waals surface area contributed by atoms with Crippen LogP contribution in [0.2, 0.25) is 0 Å². The molecule has 0 spiro atoms. The molecule has 5 heteroatoms. The van der Waals surface area contributed by atoms with Crippen molar-refractivity contribution in [1.29, 1.82) is 0 Å². The lowest BCUT2D eigenvalue weighted by atomic mass is 10.0. The fourth-order valence-corrected chi connectivity index (χ4v) is 3.21. The highest BCUT2D eigenvalue weighted by Gasteiger charge is 2.28. The van der Waals surface area contributed by atoms with Crippen molar-refractivity contribution in [1.82, 2.24) is 0 Å². The average Bonchev–Trinajstić information content (AvgIpc) is 2.76. The molecule has 0 amide bonds. The minimum absolute atomic E-state index is 0.187. The molecule has 0 radical (unpaired) electrons. The molecule has 0 aromatic heterocycles. The van der Waals surface area contributed by atoms with Crippen LogP contribution in [0.1, 0.15) is 19.4 Å². The summed E-state index contributed by atoms with van der Waals surface area (Å²) in [5.41, 5.74) is 7.78. The van der Waals surface area contributed by atoms with Gasteiger partial charge in [-0.2, -0.15) is 0 Å². The zero-order valence-electron chi connectivity index (χ0n) is 11.6. The summed E-state index contributed by atoms with van der Waals surface area (Å²) in [5.74, 6) is 1.52. The number of nitrogens with zero attached hydrogens (tertiary/aromatic N) is 2. The van der Waals surface area contributed by atoms with Crippen LogP contribution in [0.25, 0.3) is 0 Å². The van der Waals surface area contributed by atoms with E-state index in [2.05, 4.69) is 30.0 Å². The van der Waals surface area contributed by atoms with Crippen LogP contribution in [-0.2, 0) is 0 Å².